The van der Waals surface area contributed by atoms with Crippen LogP contribution in [0.3, 0.4) is 0 Å². The first-order valence-corrected chi connectivity index (χ1v) is 5.67. The van der Waals surface area contributed by atoms with Gasteiger partial charge < -0.3 is 14.5 Å². The summed E-state index contributed by atoms with van der Waals surface area (Å²) in [5.41, 5.74) is 0.729. The highest BCUT2D eigenvalue weighted by atomic mass is 16.5. The van der Waals surface area contributed by atoms with Crippen molar-refractivity contribution in [2.45, 2.75) is 13.8 Å². The van der Waals surface area contributed by atoms with Crippen molar-refractivity contribution in [3.8, 4) is 11.5 Å². The number of fused-ring (bicyclic) bond motifs is 1. The zero-order valence-corrected chi connectivity index (χ0v) is 9.95. The van der Waals surface area contributed by atoms with E-state index >= 15 is 0 Å². The van der Waals surface area contributed by atoms with Crippen molar-refractivity contribution in [2.24, 2.45) is 0 Å². The summed E-state index contributed by atoms with van der Waals surface area (Å²) in [6.07, 6.45) is 1.63. The van der Waals surface area contributed by atoms with Crippen molar-refractivity contribution in [2.75, 3.05) is 13.2 Å². The molecule has 1 N–H and O–H groups in total. The number of aromatic amines is 1. The van der Waals surface area contributed by atoms with E-state index < -0.39 is 0 Å². The molecule has 0 bridgehead atoms. The Hall–Kier alpha value is -1.97. The summed E-state index contributed by atoms with van der Waals surface area (Å²) in [6.45, 7) is 4.90. The number of nitrogens with one attached hydrogen (secondary N) is 1. The maximum atomic E-state index is 11.7. The van der Waals surface area contributed by atoms with E-state index in [1.165, 1.54) is 6.07 Å². The van der Waals surface area contributed by atoms with E-state index in [2.05, 4.69) is 4.98 Å². The number of aromatic nitrogens is 1. The number of rotatable bonds is 4. The molecule has 1 aromatic carbocycles. The van der Waals surface area contributed by atoms with Gasteiger partial charge in [0.1, 0.15) is 0 Å². The van der Waals surface area contributed by atoms with E-state index in [1.807, 2.05) is 13.8 Å². The van der Waals surface area contributed by atoms with Crippen LogP contribution in [-0.4, -0.2) is 18.2 Å². The van der Waals surface area contributed by atoms with E-state index in [0.29, 0.717) is 30.1 Å². The fourth-order valence-electron chi connectivity index (χ4n) is 1.72. The van der Waals surface area contributed by atoms with Crippen LogP contribution in [0.4, 0.5) is 0 Å². The largest absolute Gasteiger partial charge is 0.490 e. The Kier molecular flexibility index (Phi) is 3.32. The van der Waals surface area contributed by atoms with Crippen molar-refractivity contribution in [3.63, 3.8) is 0 Å². The van der Waals surface area contributed by atoms with Crippen molar-refractivity contribution >= 4 is 10.9 Å². The highest BCUT2D eigenvalue weighted by Crippen LogP contribution is 2.30. The molecule has 4 nitrogen and oxygen atoms in total. The summed E-state index contributed by atoms with van der Waals surface area (Å²) < 4.78 is 11.0. The normalized spacial score (nSPS) is 10.5. The molecule has 1 aromatic heterocycles. The Morgan fingerprint density at radius 1 is 1.12 bits per heavy atom. The molecule has 90 valence electrons. The monoisotopic (exact) mass is 233 g/mol. The van der Waals surface area contributed by atoms with Crippen LogP contribution < -0.4 is 14.9 Å². The van der Waals surface area contributed by atoms with Gasteiger partial charge >= 0.3 is 0 Å². The Bertz CT molecular complexity index is 574. The van der Waals surface area contributed by atoms with Crippen molar-refractivity contribution in [3.05, 3.63) is 34.6 Å². The third-order valence-corrected chi connectivity index (χ3v) is 2.42. The molecule has 0 saturated heterocycles. The average molecular weight is 233 g/mol. The second-order valence-electron chi connectivity index (χ2n) is 3.55. The minimum absolute atomic E-state index is 0.0252. The van der Waals surface area contributed by atoms with Crippen LogP contribution in [0, 0.1) is 0 Å². The van der Waals surface area contributed by atoms with Crippen molar-refractivity contribution in [1.82, 2.24) is 4.98 Å². The van der Waals surface area contributed by atoms with Gasteiger partial charge in [-0.25, -0.2) is 0 Å². The maximum absolute atomic E-state index is 11.7. The summed E-state index contributed by atoms with van der Waals surface area (Å²) in [6, 6.07) is 5.02. The molecule has 0 atom stereocenters. The highest BCUT2D eigenvalue weighted by Gasteiger charge is 2.08. The zero-order chi connectivity index (χ0) is 12.3. The first kappa shape index (κ1) is 11.5. The van der Waals surface area contributed by atoms with Gasteiger partial charge in [-0.15, -0.1) is 0 Å². The molecular formula is C13H15NO3. The number of H-pyrrole nitrogens is 1. The van der Waals surface area contributed by atoms with Gasteiger partial charge in [0.2, 0.25) is 0 Å². The molecule has 0 aliphatic heterocycles. The molecule has 0 spiro atoms. The summed E-state index contributed by atoms with van der Waals surface area (Å²) >= 11 is 0. The summed E-state index contributed by atoms with van der Waals surface area (Å²) in [7, 11) is 0. The summed E-state index contributed by atoms with van der Waals surface area (Å²) in [5, 5.41) is 0.611. The first-order chi connectivity index (χ1) is 8.26. The molecule has 0 amide bonds. The van der Waals surface area contributed by atoms with E-state index in [9.17, 15) is 4.79 Å². The maximum Gasteiger partial charge on any atom is 0.189 e. The fourth-order valence-corrected chi connectivity index (χ4v) is 1.72. The predicted octanol–water partition coefficient (Wildman–Crippen LogP) is 2.33. The lowest BCUT2D eigenvalue weighted by Crippen LogP contribution is -2.03. The van der Waals surface area contributed by atoms with E-state index in [-0.39, 0.29) is 5.43 Å². The molecule has 0 fully saturated rings. The molecule has 4 heteroatoms. The quantitative estimate of drug-likeness (QED) is 0.881. The van der Waals surface area contributed by atoms with E-state index in [1.54, 1.807) is 18.3 Å². The van der Waals surface area contributed by atoms with Gasteiger partial charge in [0.25, 0.3) is 0 Å². The predicted molar refractivity (Wildman–Crippen MR) is 66.9 cm³/mol. The van der Waals surface area contributed by atoms with Crippen molar-refractivity contribution < 1.29 is 9.47 Å². The number of hydrogen-bond acceptors (Lipinski definition) is 3. The van der Waals surface area contributed by atoms with Gasteiger partial charge in [-0.1, -0.05) is 0 Å². The first-order valence-electron chi connectivity index (χ1n) is 5.67. The SMILES string of the molecule is CCOc1cc2[nH]ccc(=O)c2cc1OCC. The molecule has 0 saturated carbocycles. The van der Waals surface area contributed by atoms with Gasteiger partial charge in [0, 0.05) is 23.7 Å². The van der Waals surface area contributed by atoms with Gasteiger partial charge in [-0.2, -0.15) is 0 Å². The molecule has 0 aliphatic carbocycles. The Balaban J connectivity index is 2.63. The van der Waals surface area contributed by atoms with Gasteiger partial charge in [-0.3, -0.25) is 4.79 Å². The molecule has 0 unspecified atom stereocenters. The lowest BCUT2D eigenvalue weighted by atomic mass is 10.2. The van der Waals surface area contributed by atoms with Crippen molar-refractivity contribution in [1.29, 1.82) is 0 Å². The van der Waals surface area contributed by atoms with Crippen LogP contribution >= 0.6 is 0 Å². The number of hydrogen-bond donors (Lipinski definition) is 1. The smallest absolute Gasteiger partial charge is 0.189 e. The lowest BCUT2D eigenvalue weighted by Gasteiger charge is -2.11. The molecule has 1 heterocycles. The number of ether oxygens (including phenoxy) is 2. The van der Waals surface area contributed by atoms with Crippen LogP contribution in [0.1, 0.15) is 13.8 Å². The second kappa shape index (κ2) is 4.91. The van der Waals surface area contributed by atoms with E-state index in [0.717, 1.165) is 5.52 Å². The number of pyridine rings is 1. The van der Waals surface area contributed by atoms with E-state index in [4.69, 9.17) is 9.47 Å². The highest BCUT2D eigenvalue weighted by molar-refractivity contribution is 5.82. The Labute approximate surface area is 99.2 Å². The van der Waals surface area contributed by atoms with Gasteiger partial charge in [0.05, 0.1) is 18.7 Å². The fraction of sp³-hybridized carbons (Fsp3) is 0.308. The zero-order valence-electron chi connectivity index (χ0n) is 9.95. The standard InChI is InChI=1S/C13H15NO3/c1-3-16-12-7-9-10(8-13(12)17-4-2)14-6-5-11(9)15/h5-8H,3-4H2,1-2H3,(H,14,15). The Morgan fingerprint density at radius 3 is 2.41 bits per heavy atom. The van der Waals surface area contributed by atoms with Crippen LogP contribution in [0.5, 0.6) is 11.5 Å². The molecule has 2 aromatic rings. The third-order valence-electron chi connectivity index (χ3n) is 2.42. The minimum atomic E-state index is -0.0252. The number of benzene rings is 1. The third kappa shape index (κ3) is 2.25. The average Bonchev–Trinajstić information content (AvgIpc) is 2.32. The van der Waals surface area contributed by atoms with Crippen LogP contribution in [0.25, 0.3) is 10.9 Å². The molecule has 0 radical (unpaired) electrons. The summed E-state index contributed by atoms with van der Waals surface area (Å²) in [4.78, 5) is 14.7. The molecule has 2 rings (SSSR count). The van der Waals surface area contributed by atoms with Crippen LogP contribution in [0.15, 0.2) is 29.2 Å². The molecular weight excluding hydrogens is 218 g/mol. The van der Waals surface area contributed by atoms with Gasteiger partial charge in [-0.05, 0) is 19.9 Å². The molecule has 17 heavy (non-hydrogen) atoms. The van der Waals surface area contributed by atoms with Crippen LogP contribution in [0.2, 0.25) is 0 Å². The van der Waals surface area contributed by atoms with Gasteiger partial charge in [0.15, 0.2) is 16.9 Å². The molecule has 0 aliphatic rings. The second-order valence-corrected chi connectivity index (χ2v) is 3.55. The van der Waals surface area contributed by atoms with Crippen LogP contribution in [-0.2, 0) is 0 Å². The lowest BCUT2D eigenvalue weighted by molar-refractivity contribution is 0.288. The topological polar surface area (TPSA) is 51.3 Å². The minimum Gasteiger partial charge on any atom is -0.490 e. The summed E-state index contributed by atoms with van der Waals surface area (Å²) in [5.74, 6) is 1.27. The Morgan fingerprint density at radius 2 is 1.76 bits per heavy atom.